The maximum absolute atomic E-state index is 13.5. The molecule has 10 atom stereocenters. The van der Waals surface area contributed by atoms with Crippen LogP contribution in [0.15, 0.2) is 42.0 Å². The number of ketones is 1. The molecule has 8 nitrogen and oxygen atoms in total. The zero-order valence-electron chi connectivity index (χ0n) is 25.5. The monoisotopic (exact) mass is 584 g/mol. The van der Waals surface area contributed by atoms with Crippen molar-refractivity contribution in [1.82, 2.24) is 0 Å². The average Bonchev–Trinajstić information content (AvgIpc) is 3.20. The number of ether oxygens (including phenoxy) is 1. The first-order valence-electron chi connectivity index (χ1n) is 15.5. The highest BCUT2D eigenvalue weighted by Crippen LogP contribution is 2.68. The molecule has 0 saturated heterocycles. The van der Waals surface area contributed by atoms with Crippen LogP contribution in [0.2, 0.25) is 0 Å². The molecule has 0 spiro atoms. The Hall–Kier alpha value is -2.10. The fraction of sp³-hybridized carbons (Fsp3) is 0.706. The molecule has 3 saturated carbocycles. The lowest BCUT2D eigenvalue weighted by Crippen LogP contribution is -2.63. The van der Waals surface area contributed by atoms with Crippen molar-refractivity contribution in [2.75, 3.05) is 0 Å². The number of benzene rings is 1. The average molecular weight is 585 g/mol. The molecule has 0 amide bonds. The molecular weight excluding hydrogens is 536 g/mol. The third-order valence-corrected chi connectivity index (χ3v) is 11.8. The number of hydrogen-bond acceptors (Lipinski definition) is 8. The normalized spacial score (nSPS) is 40.2. The number of fused-ring (bicyclic) bond motifs is 5. The summed E-state index contributed by atoms with van der Waals surface area (Å²) in [5.74, 6) is -1.70. The molecule has 0 unspecified atom stereocenters. The van der Waals surface area contributed by atoms with Gasteiger partial charge < -0.3 is 30.3 Å². The van der Waals surface area contributed by atoms with Gasteiger partial charge in [0.2, 0.25) is 0 Å². The third-order valence-electron chi connectivity index (χ3n) is 11.8. The number of carbonyl (C=O) groups excluding carboxylic acids is 2. The lowest BCUT2D eigenvalue weighted by Gasteiger charge is -2.60. The van der Waals surface area contributed by atoms with Gasteiger partial charge in [0.15, 0.2) is 5.78 Å². The van der Waals surface area contributed by atoms with E-state index in [-0.39, 0.29) is 31.0 Å². The number of aliphatic hydroxyl groups excluding tert-OH is 2. The van der Waals surface area contributed by atoms with E-state index in [4.69, 9.17) is 4.74 Å². The Kier molecular flexibility index (Phi) is 7.84. The van der Waals surface area contributed by atoms with E-state index < -0.39 is 63.8 Å². The summed E-state index contributed by atoms with van der Waals surface area (Å²) in [5.41, 5.74) is -4.30. The Morgan fingerprint density at radius 1 is 1.02 bits per heavy atom. The first-order valence-corrected chi connectivity index (χ1v) is 15.5. The van der Waals surface area contributed by atoms with Crippen molar-refractivity contribution in [2.24, 2.45) is 28.6 Å². The second kappa shape index (κ2) is 10.5. The van der Waals surface area contributed by atoms with Crippen molar-refractivity contribution < 1.29 is 39.9 Å². The van der Waals surface area contributed by atoms with Crippen molar-refractivity contribution in [2.45, 2.75) is 121 Å². The van der Waals surface area contributed by atoms with Gasteiger partial charge in [-0.05, 0) is 113 Å². The summed E-state index contributed by atoms with van der Waals surface area (Å²) in [7, 11) is 0. The van der Waals surface area contributed by atoms with Gasteiger partial charge in [-0.3, -0.25) is 4.79 Å². The van der Waals surface area contributed by atoms with Crippen LogP contribution >= 0.6 is 0 Å². The molecule has 0 aromatic heterocycles. The number of aliphatic hydroxyl groups is 5. The lowest BCUT2D eigenvalue weighted by molar-refractivity contribution is -0.177. The van der Waals surface area contributed by atoms with Crippen LogP contribution in [-0.4, -0.2) is 72.4 Å². The maximum atomic E-state index is 13.5. The number of allylic oxidation sites excluding steroid dienone is 1. The Balaban J connectivity index is 1.48. The van der Waals surface area contributed by atoms with Crippen LogP contribution in [0.3, 0.4) is 0 Å². The predicted molar refractivity (Wildman–Crippen MR) is 156 cm³/mol. The SMILES string of the molecule is CC(C)(O)CC[C@H](OC(=O)c1ccccc1)[C@@](C)(O)[C@H]1CC[C@@]2(O)C3=CC(=O)[C@@H]4C[C@@H](O)[C@H](O)C[C@]4(C)[C@H]3CC[C@]12C. The molecule has 42 heavy (non-hydrogen) atoms. The topological polar surface area (TPSA) is 145 Å². The standard InChI is InChI=1S/C34H48O8/c1-30(2,39)14-13-28(42-29(38)20-9-7-6-8-10-20)33(5,40)27-12-16-34(41)22-17-24(35)23-18-25(36)26(37)19-31(23,3)21(22)11-15-32(27,34)4/h6-10,17,21,23,25-28,36-37,39-41H,11-16,18-19H2,1-5H3/t21-,23-,25+,26+,27-,28-,31+,32+,33-,34+/m0/s1. The van der Waals surface area contributed by atoms with Crippen molar-refractivity contribution in [1.29, 1.82) is 0 Å². The summed E-state index contributed by atoms with van der Waals surface area (Å²) >= 11 is 0. The van der Waals surface area contributed by atoms with Gasteiger partial charge in [0.05, 0.1) is 29.0 Å². The van der Waals surface area contributed by atoms with E-state index >= 15 is 0 Å². The van der Waals surface area contributed by atoms with E-state index in [2.05, 4.69) is 0 Å². The quantitative estimate of drug-likeness (QED) is 0.305. The second-order valence-corrected chi connectivity index (χ2v) is 14.9. The van der Waals surface area contributed by atoms with E-state index in [0.29, 0.717) is 43.2 Å². The van der Waals surface area contributed by atoms with E-state index in [9.17, 15) is 35.1 Å². The van der Waals surface area contributed by atoms with Gasteiger partial charge >= 0.3 is 5.97 Å². The second-order valence-electron chi connectivity index (χ2n) is 14.9. The summed E-state index contributed by atoms with van der Waals surface area (Å²) in [4.78, 5) is 26.7. The van der Waals surface area contributed by atoms with Crippen LogP contribution in [0, 0.1) is 28.6 Å². The van der Waals surface area contributed by atoms with Gasteiger partial charge in [0.1, 0.15) is 11.7 Å². The highest BCUT2D eigenvalue weighted by atomic mass is 16.6. The Labute approximate surface area is 248 Å². The lowest BCUT2D eigenvalue weighted by atomic mass is 9.45. The summed E-state index contributed by atoms with van der Waals surface area (Å²) in [5, 5.41) is 56.3. The zero-order valence-corrected chi connectivity index (χ0v) is 25.5. The van der Waals surface area contributed by atoms with Gasteiger partial charge in [-0.1, -0.05) is 32.0 Å². The maximum Gasteiger partial charge on any atom is 0.338 e. The van der Waals surface area contributed by atoms with E-state index in [1.807, 2.05) is 13.8 Å². The highest BCUT2D eigenvalue weighted by Gasteiger charge is 2.69. The molecule has 5 N–H and O–H groups in total. The highest BCUT2D eigenvalue weighted by molar-refractivity contribution is 5.95. The molecule has 4 aliphatic rings. The molecule has 5 rings (SSSR count). The number of esters is 1. The van der Waals surface area contributed by atoms with Gasteiger partial charge in [-0.15, -0.1) is 0 Å². The zero-order chi connectivity index (χ0) is 30.9. The first-order chi connectivity index (χ1) is 19.4. The van der Waals surface area contributed by atoms with E-state index in [1.165, 1.54) is 0 Å². The molecule has 0 radical (unpaired) electrons. The Morgan fingerprint density at radius 2 is 1.69 bits per heavy atom. The number of carbonyl (C=O) groups is 2. The molecule has 1 aromatic rings. The number of hydrogen-bond donors (Lipinski definition) is 5. The Bertz CT molecular complexity index is 1230. The molecule has 3 fully saturated rings. The third kappa shape index (κ3) is 4.97. The van der Waals surface area contributed by atoms with Gasteiger partial charge in [0.25, 0.3) is 0 Å². The molecule has 1 aromatic carbocycles. The van der Waals surface area contributed by atoms with Crippen LogP contribution in [0.25, 0.3) is 0 Å². The van der Waals surface area contributed by atoms with Crippen molar-refractivity contribution in [3.8, 4) is 0 Å². The molecule has 8 heteroatoms. The summed E-state index contributed by atoms with van der Waals surface area (Å²) < 4.78 is 6.00. The number of rotatable bonds is 7. The Morgan fingerprint density at radius 3 is 2.33 bits per heavy atom. The fourth-order valence-electron chi connectivity index (χ4n) is 9.26. The largest absolute Gasteiger partial charge is 0.456 e. The molecule has 232 valence electrons. The summed E-state index contributed by atoms with van der Waals surface area (Å²) in [6, 6.07) is 8.60. The smallest absolute Gasteiger partial charge is 0.338 e. The fourth-order valence-corrected chi connectivity index (χ4v) is 9.26. The van der Waals surface area contributed by atoms with Gasteiger partial charge in [-0.25, -0.2) is 4.79 Å². The van der Waals surface area contributed by atoms with Gasteiger partial charge in [0, 0.05) is 11.3 Å². The summed E-state index contributed by atoms with van der Waals surface area (Å²) in [6.45, 7) is 9.00. The van der Waals surface area contributed by atoms with E-state index in [0.717, 1.165) is 0 Å². The minimum absolute atomic E-state index is 0.123. The first kappa shape index (κ1) is 31.3. The van der Waals surface area contributed by atoms with Crippen molar-refractivity contribution >= 4 is 11.8 Å². The van der Waals surface area contributed by atoms with Crippen LogP contribution < -0.4 is 0 Å². The summed E-state index contributed by atoms with van der Waals surface area (Å²) in [6.07, 6.45) is 1.84. The predicted octanol–water partition coefficient (Wildman–Crippen LogP) is 3.72. The van der Waals surface area contributed by atoms with Crippen LogP contribution in [0.5, 0.6) is 0 Å². The van der Waals surface area contributed by atoms with Crippen molar-refractivity contribution in [3.05, 3.63) is 47.5 Å². The molecule has 0 aliphatic heterocycles. The molecular formula is C34H48O8. The molecule has 0 heterocycles. The van der Waals surface area contributed by atoms with Crippen molar-refractivity contribution in [3.63, 3.8) is 0 Å². The minimum Gasteiger partial charge on any atom is -0.456 e. The van der Waals surface area contributed by atoms with Crippen LogP contribution in [0.1, 0.15) is 96.3 Å². The van der Waals surface area contributed by atoms with Crippen LogP contribution in [-0.2, 0) is 9.53 Å². The van der Waals surface area contributed by atoms with Gasteiger partial charge in [-0.2, -0.15) is 0 Å². The van der Waals surface area contributed by atoms with Crippen LogP contribution in [0.4, 0.5) is 0 Å². The molecule has 0 bridgehead atoms. The minimum atomic E-state index is -1.54. The van der Waals surface area contributed by atoms with E-state index in [1.54, 1.807) is 57.2 Å². The molecule has 4 aliphatic carbocycles.